The van der Waals surface area contributed by atoms with Crippen molar-refractivity contribution in [3.05, 3.63) is 52.1 Å². The molecule has 2 aliphatic heterocycles. The largest absolute Gasteiger partial charge is 0.383 e. The van der Waals surface area contributed by atoms with Crippen LogP contribution in [0.25, 0.3) is 0 Å². The predicted octanol–water partition coefficient (Wildman–Crippen LogP) is 2.67. The van der Waals surface area contributed by atoms with Crippen molar-refractivity contribution < 1.29 is 4.74 Å². The maximum absolute atomic E-state index is 13.2. The van der Waals surface area contributed by atoms with Crippen LogP contribution in [0, 0.1) is 5.92 Å². The second kappa shape index (κ2) is 8.90. The van der Waals surface area contributed by atoms with E-state index in [0.717, 1.165) is 44.0 Å². The number of methoxy groups -OCH3 is 1. The number of fused-ring (bicyclic) bond motifs is 4. The molecule has 2 atom stereocenters. The number of pyridine rings is 2. The molecule has 2 bridgehead atoms. The van der Waals surface area contributed by atoms with Crippen LogP contribution < -0.4 is 10.5 Å². The highest BCUT2D eigenvalue weighted by Gasteiger charge is 2.35. The lowest BCUT2D eigenvalue weighted by Crippen LogP contribution is -2.48. The van der Waals surface area contributed by atoms with Crippen LogP contribution in [-0.2, 0) is 17.8 Å². The van der Waals surface area contributed by atoms with Gasteiger partial charge in [0.15, 0.2) is 0 Å². The Kier molecular flexibility index (Phi) is 6.27. The Balaban J connectivity index is 1.53. The van der Waals surface area contributed by atoms with Gasteiger partial charge in [-0.25, -0.2) is 4.98 Å². The quantitative estimate of drug-likeness (QED) is 0.650. The third-order valence-corrected chi connectivity index (χ3v) is 6.79. The maximum atomic E-state index is 13.2. The molecule has 29 heavy (non-hydrogen) atoms. The van der Waals surface area contributed by atoms with E-state index in [1.807, 2.05) is 23.9 Å². The van der Waals surface area contributed by atoms with Crippen LogP contribution in [0.15, 0.2) is 40.2 Å². The fourth-order valence-corrected chi connectivity index (χ4v) is 4.96. The summed E-state index contributed by atoms with van der Waals surface area (Å²) >= 11 is 1.71. The molecule has 4 rings (SSSR count). The first-order chi connectivity index (χ1) is 14.1. The number of ether oxygens (including phenoxy) is 1. The summed E-state index contributed by atoms with van der Waals surface area (Å²) in [5.74, 6) is 1.92. The molecule has 0 N–H and O–H groups in total. The number of aromatic nitrogens is 2. The number of likely N-dealkylation sites (N-methyl/N-ethyl adjacent to an activating group) is 1. The van der Waals surface area contributed by atoms with Gasteiger partial charge in [-0.05, 0) is 43.8 Å². The van der Waals surface area contributed by atoms with E-state index in [-0.39, 0.29) is 5.56 Å². The van der Waals surface area contributed by atoms with E-state index >= 15 is 0 Å². The average molecular weight is 415 g/mol. The highest BCUT2D eigenvalue weighted by atomic mass is 32.2. The lowest BCUT2D eigenvalue weighted by molar-refractivity contribution is 0.158. The van der Waals surface area contributed by atoms with Gasteiger partial charge in [0, 0.05) is 68.1 Å². The van der Waals surface area contributed by atoms with Gasteiger partial charge in [-0.15, -0.1) is 11.8 Å². The summed E-state index contributed by atoms with van der Waals surface area (Å²) in [6.07, 6.45) is 5.18. The molecule has 0 unspecified atom stereocenters. The van der Waals surface area contributed by atoms with Gasteiger partial charge in [0.2, 0.25) is 0 Å². The average Bonchev–Trinajstić information content (AvgIpc) is 2.74. The van der Waals surface area contributed by atoms with Gasteiger partial charge in [0.05, 0.1) is 6.61 Å². The van der Waals surface area contributed by atoms with Crippen molar-refractivity contribution in [1.82, 2.24) is 14.5 Å². The summed E-state index contributed by atoms with van der Waals surface area (Å²) in [7, 11) is 3.74. The maximum Gasteiger partial charge on any atom is 0.255 e. The van der Waals surface area contributed by atoms with Gasteiger partial charge in [0.25, 0.3) is 5.56 Å². The Morgan fingerprint density at radius 2 is 2.10 bits per heavy atom. The Morgan fingerprint density at radius 3 is 2.83 bits per heavy atom. The van der Waals surface area contributed by atoms with Crippen LogP contribution in [0.1, 0.15) is 23.6 Å². The zero-order valence-corrected chi connectivity index (χ0v) is 18.3. The molecule has 6 nitrogen and oxygen atoms in total. The van der Waals surface area contributed by atoms with E-state index in [4.69, 9.17) is 4.74 Å². The van der Waals surface area contributed by atoms with Crippen molar-refractivity contribution in [2.24, 2.45) is 5.92 Å². The van der Waals surface area contributed by atoms with Gasteiger partial charge in [0.1, 0.15) is 5.82 Å². The van der Waals surface area contributed by atoms with Crippen LogP contribution in [-0.4, -0.2) is 61.1 Å². The second-order valence-electron chi connectivity index (χ2n) is 8.19. The molecule has 1 saturated heterocycles. The smallest absolute Gasteiger partial charge is 0.255 e. The molecular weight excluding hydrogens is 384 g/mol. The van der Waals surface area contributed by atoms with Gasteiger partial charge >= 0.3 is 0 Å². The van der Waals surface area contributed by atoms with E-state index in [2.05, 4.69) is 39.2 Å². The van der Waals surface area contributed by atoms with Crippen molar-refractivity contribution in [3.63, 3.8) is 0 Å². The molecular formula is C22H30N4O2S. The van der Waals surface area contributed by atoms with Crippen LogP contribution in [0.3, 0.4) is 0 Å². The van der Waals surface area contributed by atoms with Crippen molar-refractivity contribution in [2.75, 3.05) is 51.6 Å². The van der Waals surface area contributed by atoms with E-state index in [0.29, 0.717) is 25.0 Å². The minimum Gasteiger partial charge on any atom is -0.383 e. The SMILES string of the molecule is COCCN(C)Cc1ccc2n(c1=O)C[C@H]1C[C@@H]2CN(c2ccc(SC)cn2)C1. The number of thioether (sulfide) groups is 1. The first-order valence-corrected chi connectivity index (χ1v) is 11.5. The van der Waals surface area contributed by atoms with Gasteiger partial charge in [-0.3, -0.25) is 9.69 Å². The zero-order chi connectivity index (χ0) is 20.4. The van der Waals surface area contributed by atoms with Crippen molar-refractivity contribution in [1.29, 1.82) is 0 Å². The Labute approximate surface area is 176 Å². The predicted molar refractivity (Wildman–Crippen MR) is 118 cm³/mol. The molecule has 156 valence electrons. The minimum absolute atomic E-state index is 0.178. The fourth-order valence-electron chi connectivity index (χ4n) is 4.60. The zero-order valence-electron chi connectivity index (χ0n) is 17.5. The molecule has 4 heterocycles. The molecule has 0 aliphatic carbocycles. The highest BCUT2D eigenvalue weighted by Crippen LogP contribution is 2.36. The third kappa shape index (κ3) is 4.37. The molecule has 0 radical (unpaired) electrons. The van der Waals surface area contributed by atoms with E-state index < -0.39 is 0 Å². The molecule has 2 aromatic heterocycles. The first kappa shape index (κ1) is 20.4. The van der Waals surface area contributed by atoms with Crippen LogP contribution >= 0.6 is 11.8 Å². The summed E-state index contributed by atoms with van der Waals surface area (Å²) in [6, 6.07) is 8.47. The van der Waals surface area contributed by atoms with E-state index in [1.54, 1.807) is 18.9 Å². The van der Waals surface area contributed by atoms with Gasteiger partial charge in [-0.2, -0.15) is 0 Å². The topological polar surface area (TPSA) is 50.6 Å². The molecule has 0 saturated carbocycles. The highest BCUT2D eigenvalue weighted by molar-refractivity contribution is 7.98. The molecule has 7 heteroatoms. The Morgan fingerprint density at radius 1 is 1.24 bits per heavy atom. The summed E-state index contributed by atoms with van der Waals surface area (Å²) < 4.78 is 7.19. The Hall–Kier alpha value is -1.83. The lowest BCUT2D eigenvalue weighted by Gasteiger charge is -2.43. The van der Waals surface area contributed by atoms with Crippen molar-refractivity contribution in [3.8, 4) is 0 Å². The summed E-state index contributed by atoms with van der Waals surface area (Å²) in [5.41, 5.74) is 2.23. The van der Waals surface area contributed by atoms with E-state index in [9.17, 15) is 4.79 Å². The van der Waals surface area contributed by atoms with Crippen LogP contribution in [0.5, 0.6) is 0 Å². The van der Waals surface area contributed by atoms with Crippen molar-refractivity contribution >= 4 is 17.6 Å². The molecule has 2 aliphatic rings. The molecule has 0 aromatic carbocycles. The molecule has 2 aromatic rings. The third-order valence-electron chi connectivity index (χ3n) is 6.08. The van der Waals surface area contributed by atoms with Crippen LogP contribution in [0.2, 0.25) is 0 Å². The number of piperidine rings is 1. The van der Waals surface area contributed by atoms with E-state index in [1.165, 1.54) is 10.6 Å². The lowest BCUT2D eigenvalue weighted by atomic mass is 9.83. The Bertz CT molecular complexity index is 899. The molecule has 0 spiro atoms. The molecule has 1 fully saturated rings. The number of nitrogens with zero attached hydrogens (tertiary/aromatic N) is 4. The number of hydrogen-bond acceptors (Lipinski definition) is 6. The normalized spacial score (nSPS) is 20.8. The fraction of sp³-hybridized carbons (Fsp3) is 0.545. The second-order valence-corrected chi connectivity index (χ2v) is 9.07. The monoisotopic (exact) mass is 414 g/mol. The van der Waals surface area contributed by atoms with Crippen LogP contribution in [0.4, 0.5) is 5.82 Å². The van der Waals surface area contributed by atoms with Gasteiger partial charge < -0.3 is 14.2 Å². The minimum atomic E-state index is 0.178. The summed E-state index contributed by atoms with van der Waals surface area (Å²) in [4.78, 5) is 23.5. The summed E-state index contributed by atoms with van der Waals surface area (Å²) in [5, 5.41) is 0. The number of hydrogen-bond donors (Lipinski definition) is 0. The first-order valence-electron chi connectivity index (χ1n) is 10.2. The van der Waals surface area contributed by atoms with Gasteiger partial charge in [-0.1, -0.05) is 6.07 Å². The number of anilines is 1. The standard InChI is InChI=1S/C22H30N4O2S/c1-24(8-9-28-2)14-17-4-6-20-18-10-16(13-26(20)22(17)27)12-25(15-18)21-7-5-19(29-3)11-23-21/h4-7,11,16,18H,8-10,12-15H2,1-3H3/t16-,18+/m0/s1. The molecule has 0 amide bonds. The van der Waals surface area contributed by atoms with Crippen molar-refractivity contribution in [2.45, 2.75) is 30.3 Å². The summed E-state index contributed by atoms with van der Waals surface area (Å²) in [6.45, 7) is 4.85. The number of rotatable bonds is 7.